The van der Waals surface area contributed by atoms with Crippen molar-refractivity contribution in [2.75, 3.05) is 25.1 Å². The van der Waals surface area contributed by atoms with Crippen molar-refractivity contribution in [3.05, 3.63) is 64.7 Å². The molecule has 0 saturated heterocycles. The van der Waals surface area contributed by atoms with Gasteiger partial charge in [-0.2, -0.15) is 0 Å². The Morgan fingerprint density at radius 1 is 1.19 bits per heavy atom. The van der Waals surface area contributed by atoms with Crippen molar-refractivity contribution >= 4 is 17.6 Å². The summed E-state index contributed by atoms with van der Waals surface area (Å²) in [7, 11) is 1.31. The van der Waals surface area contributed by atoms with Gasteiger partial charge in [0.05, 0.1) is 24.9 Å². The molecule has 0 aliphatic carbocycles. The van der Waals surface area contributed by atoms with E-state index >= 15 is 0 Å². The van der Waals surface area contributed by atoms with E-state index in [1.807, 2.05) is 0 Å². The first-order chi connectivity index (χ1) is 13.0. The van der Waals surface area contributed by atoms with Gasteiger partial charge >= 0.3 is 5.97 Å². The van der Waals surface area contributed by atoms with Crippen LogP contribution in [0.2, 0.25) is 0 Å². The first-order valence-electron chi connectivity index (χ1n) is 8.64. The minimum atomic E-state index is -0.643. The standard InChI is InChI=1S/C20H20F2N2O3/c1-27-20(26)14-6-4-13(5-7-14)11-23-18(25)12-24-8-2-3-15-9-16(21)10-17(22)19(15)24/h4-7,9-10H,2-3,8,11-12H2,1H3,(H,23,25). The lowest BCUT2D eigenvalue weighted by Crippen LogP contribution is -2.40. The van der Waals surface area contributed by atoms with Gasteiger partial charge in [0.25, 0.3) is 0 Å². The van der Waals surface area contributed by atoms with Crippen molar-refractivity contribution in [2.45, 2.75) is 19.4 Å². The lowest BCUT2D eigenvalue weighted by atomic mass is 10.0. The van der Waals surface area contributed by atoms with Gasteiger partial charge in [0.15, 0.2) is 0 Å². The Morgan fingerprint density at radius 3 is 2.63 bits per heavy atom. The van der Waals surface area contributed by atoms with E-state index in [0.29, 0.717) is 29.8 Å². The second-order valence-corrected chi connectivity index (χ2v) is 6.39. The summed E-state index contributed by atoms with van der Waals surface area (Å²) in [6.07, 6.45) is 1.33. The monoisotopic (exact) mass is 374 g/mol. The van der Waals surface area contributed by atoms with Gasteiger partial charge in [-0.1, -0.05) is 12.1 Å². The Balaban J connectivity index is 1.60. The fourth-order valence-corrected chi connectivity index (χ4v) is 3.20. The van der Waals surface area contributed by atoms with Gasteiger partial charge < -0.3 is 15.0 Å². The van der Waals surface area contributed by atoms with Gasteiger partial charge in [-0.25, -0.2) is 13.6 Å². The number of carbonyl (C=O) groups excluding carboxylic acids is 2. The summed E-state index contributed by atoms with van der Waals surface area (Å²) in [6.45, 7) is 0.819. The smallest absolute Gasteiger partial charge is 0.337 e. The minimum Gasteiger partial charge on any atom is -0.465 e. The lowest BCUT2D eigenvalue weighted by molar-refractivity contribution is -0.119. The summed E-state index contributed by atoms with van der Waals surface area (Å²) in [5, 5.41) is 2.78. The SMILES string of the molecule is COC(=O)c1ccc(CNC(=O)CN2CCCc3cc(F)cc(F)c32)cc1. The van der Waals surface area contributed by atoms with Crippen molar-refractivity contribution in [1.29, 1.82) is 0 Å². The Morgan fingerprint density at radius 2 is 1.93 bits per heavy atom. The highest BCUT2D eigenvalue weighted by atomic mass is 19.1. The van der Waals surface area contributed by atoms with Crippen molar-refractivity contribution in [3.63, 3.8) is 0 Å². The molecule has 0 saturated carbocycles. The third-order valence-electron chi connectivity index (χ3n) is 4.50. The van der Waals surface area contributed by atoms with Gasteiger partial charge in [0.2, 0.25) is 5.91 Å². The zero-order valence-electron chi connectivity index (χ0n) is 14.9. The van der Waals surface area contributed by atoms with Crippen LogP contribution in [0.4, 0.5) is 14.5 Å². The maximum atomic E-state index is 14.2. The number of esters is 1. The normalized spacial score (nSPS) is 13.1. The van der Waals surface area contributed by atoms with Crippen molar-refractivity contribution in [2.24, 2.45) is 0 Å². The number of nitrogens with one attached hydrogen (secondary N) is 1. The molecule has 0 spiro atoms. The number of carbonyl (C=O) groups is 2. The summed E-state index contributed by atoms with van der Waals surface area (Å²) in [4.78, 5) is 25.3. The molecule has 5 nitrogen and oxygen atoms in total. The number of rotatable bonds is 5. The summed E-state index contributed by atoms with van der Waals surface area (Å²) >= 11 is 0. The topological polar surface area (TPSA) is 58.6 Å². The van der Waals surface area contributed by atoms with E-state index in [2.05, 4.69) is 10.1 Å². The van der Waals surface area contributed by atoms with Crippen LogP contribution in [0.1, 0.15) is 27.9 Å². The molecule has 3 rings (SSSR count). The van der Waals surface area contributed by atoms with E-state index in [9.17, 15) is 18.4 Å². The van der Waals surface area contributed by atoms with Gasteiger partial charge in [-0.3, -0.25) is 4.79 Å². The molecule has 1 amide bonds. The number of hydrogen-bond acceptors (Lipinski definition) is 4. The molecule has 1 heterocycles. The Kier molecular flexibility index (Phi) is 5.69. The lowest BCUT2D eigenvalue weighted by Gasteiger charge is -2.31. The first kappa shape index (κ1) is 18.8. The van der Waals surface area contributed by atoms with Gasteiger partial charge in [-0.05, 0) is 42.2 Å². The molecule has 142 valence electrons. The van der Waals surface area contributed by atoms with E-state index in [1.54, 1.807) is 29.2 Å². The highest BCUT2D eigenvalue weighted by Crippen LogP contribution is 2.30. The van der Waals surface area contributed by atoms with Gasteiger partial charge in [-0.15, -0.1) is 0 Å². The van der Waals surface area contributed by atoms with Crippen LogP contribution in [0, 0.1) is 11.6 Å². The van der Waals surface area contributed by atoms with E-state index < -0.39 is 17.6 Å². The van der Waals surface area contributed by atoms with Crippen LogP contribution in [0.15, 0.2) is 36.4 Å². The van der Waals surface area contributed by atoms with Crippen molar-refractivity contribution < 1.29 is 23.1 Å². The molecule has 0 atom stereocenters. The highest BCUT2D eigenvalue weighted by Gasteiger charge is 2.23. The van der Waals surface area contributed by atoms with E-state index in [0.717, 1.165) is 18.1 Å². The predicted octanol–water partition coefficient (Wildman–Crippen LogP) is 2.82. The van der Waals surface area contributed by atoms with Crippen LogP contribution in [0.3, 0.4) is 0 Å². The maximum Gasteiger partial charge on any atom is 0.337 e. The third-order valence-corrected chi connectivity index (χ3v) is 4.50. The number of aryl methyl sites for hydroxylation is 1. The average molecular weight is 374 g/mol. The number of benzene rings is 2. The van der Waals surface area contributed by atoms with Crippen LogP contribution in [0.25, 0.3) is 0 Å². The molecule has 0 radical (unpaired) electrons. The zero-order chi connectivity index (χ0) is 19.4. The summed E-state index contributed by atoms with van der Waals surface area (Å²) < 4.78 is 32.2. The van der Waals surface area contributed by atoms with Crippen LogP contribution in [-0.2, 0) is 22.5 Å². The fraction of sp³-hybridized carbons (Fsp3) is 0.300. The fourth-order valence-electron chi connectivity index (χ4n) is 3.20. The molecule has 0 fully saturated rings. The molecule has 1 aliphatic heterocycles. The Bertz CT molecular complexity index is 853. The van der Waals surface area contributed by atoms with Crippen molar-refractivity contribution in [1.82, 2.24) is 5.32 Å². The predicted molar refractivity (Wildman–Crippen MR) is 96.5 cm³/mol. The second kappa shape index (κ2) is 8.16. The Hall–Kier alpha value is -2.96. The summed E-state index contributed by atoms with van der Waals surface area (Å²) in [5.74, 6) is -1.93. The van der Waals surface area contributed by atoms with Gasteiger partial charge in [0.1, 0.15) is 11.6 Å². The number of halogens is 2. The summed E-state index contributed by atoms with van der Waals surface area (Å²) in [5.41, 5.74) is 2.15. The highest BCUT2D eigenvalue weighted by molar-refractivity contribution is 5.89. The number of methoxy groups -OCH3 is 1. The largest absolute Gasteiger partial charge is 0.465 e. The maximum absolute atomic E-state index is 14.2. The number of hydrogen-bond donors (Lipinski definition) is 1. The second-order valence-electron chi connectivity index (χ2n) is 6.39. The number of nitrogens with zero attached hydrogens (tertiary/aromatic N) is 1. The zero-order valence-corrected chi connectivity index (χ0v) is 14.9. The van der Waals surface area contributed by atoms with E-state index in [-0.39, 0.29) is 19.0 Å². The van der Waals surface area contributed by atoms with Crippen LogP contribution >= 0.6 is 0 Å². The molecule has 2 aromatic rings. The van der Waals surface area contributed by atoms with Crippen molar-refractivity contribution in [3.8, 4) is 0 Å². The molecule has 7 heteroatoms. The Labute approximate surface area is 155 Å². The molecule has 0 unspecified atom stereocenters. The molecular formula is C20H20F2N2O3. The average Bonchev–Trinajstić information content (AvgIpc) is 2.65. The third kappa shape index (κ3) is 4.42. The summed E-state index contributed by atoms with van der Waals surface area (Å²) in [6, 6.07) is 8.87. The molecular weight excluding hydrogens is 354 g/mol. The first-order valence-corrected chi connectivity index (χ1v) is 8.64. The van der Waals surface area contributed by atoms with Crippen LogP contribution in [-0.4, -0.2) is 32.1 Å². The molecule has 1 N–H and O–H groups in total. The van der Waals surface area contributed by atoms with Crippen LogP contribution in [0.5, 0.6) is 0 Å². The number of ether oxygens (including phenoxy) is 1. The van der Waals surface area contributed by atoms with Gasteiger partial charge in [0, 0.05) is 19.2 Å². The molecule has 27 heavy (non-hydrogen) atoms. The number of anilines is 1. The quantitative estimate of drug-likeness (QED) is 0.818. The molecule has 0 bridgehead atoms. The van der Waals surface area contributed by atoms with Crippen LogP contribution < -0.4 is 10.2 Å². The molecule has 0 aromatic heterocycles. The minimum absolute atomic E-state index is 0.00417. The number of fused-ring (bicyclic) bond motifs is 1. The van der Waals surface area contributed by atoms with E-state index in [1.165, 1.54) is 13.2 Å². The molecule has 2 aromatic carbocycles. The molecule has 1 aliphatic rings. The number of amides is 1. The van der Waals surface area contributed by atoms with E-state index in [4.69, 9.17) is 0 Å².